The van der Waals surface area contributed by atoms with Crippen LogP contribution in [-0.4, -0.2) is 10.8 Å². The zero-order valence-corrected chi connectivity index (χ0v) is 9.35. The minimum Gasteiger partial charge on any atom is -0.469 e. The first kappa shape index (κ1) is 9.15. The van der Waals surface area contributed by atoms with E-state index < -0.39 is 10.8 Å². The molecule has 5 heteroatoms. The van der Waals surface area contributed by atoms with E-state index in [0.717, 1.165) is 0 Å². The molecular formula is C8H3Br2FO2. The number of hydrogen-bond donors (Lipinski definition) is 0. The summed E-state index contributed by atoms with van der Waals surface area (Å²) in [5.74, 6) is -0.312. The van der Waals surface area contributed by atoms with E-state index in [0.29, 0.717) is 10.2 Å². The van der Waals surface area contributed by atoms with Crippen LogP contribution in [0.4, 0.5) is 4.39 Å². The van der Waals surface area contributed by atoms with Gasteiger partial charge in [-0.05, 0) is 44.0 Å². The van der Waals surface area contributed by atoms with Crippen LogP contribution in [-0.2, 0) is 0 Å². The van der Waals surface area contributed by atoms with Gasteiger partial charge >= 0.3 is 0 Å². The number of benzene rings is 1. The second-order valence-corrected chi connectivity index (χ2v) is 4.25. The van der Waals surface area contributed by atoms with Gasteiger partial charge in [0.15, 0.2) is 0 Å². The molecule has 1 aliphatic rings. The number of rotatable bonds is 0. The van der Waals surface area contributed by atoms with Gasteiger partial charge in [0.1, 0.15) is 11.6 Å². The maximum atomic E-state index is 12.9. The number of carbonyl (C=O) groups excluding carboxylic acids is 1. The molecule has 68 valence electrons. The first-order valence-corrected chi connectivity index (χ1v) is 5.14. The monoisotopic (exact) mass is 308 g/mol. The van der Waals surface area contributed by atoms with Crippen LogP contribution in [0.25, 0.3) is 0 Å². The predicted octanol–water partition coefficient (Wildman–Crippen LogP) is 2.88. The number of Topliss-reactive ketones (excluding diaryl/α,β-unsaturated/α-hetero) is 1. The Morgan fingerprint density at radius 1 is 1.46 bits per heavy atom. The maximum absolute atomic E-state index is 12.9. The number of hydrogen-bond acceptors (Lipinski definition) is 2. The van der Waals surface area contributed by atoms with Gasteiger partial charge in [0, 0.05) is 0 Å². The third kappa shape index (κ3) is 1.40. The molecule has 1 heterocycles. The number of ether oxygens (including phenoxy) is 1. The van der Waals surface area contributed by atoms with Crippen LogP contribution >= 0.6 is 31.9 Å². The molecule has 1 atom stereocenters. The summed E-state index contributed by atoms with van der Waals surface area (Å²) < 4.78 is 18.5. The van der Waals surface area contributed by atoms with Gasteiger partial charge in [-0.25, -0.2) is 4.39 Å². The lowest BCUT2D eigenvalue weighted by Gasteiger charge is -2.01. The molecule has 13 heavy (non-hydrogen) atoms. The molecule has 0 saturated heterocycles. The van der Waals surface area contributed by atoms with E-state index in [-0.39, 0.29) is 11.3 Å². The average Bonchev–Trinajstić information content (AvgIpc) is 2.32. The Balaban J connectivity index is 2.64. The Labute approximate surface area is 90.3 Å². The molecule has 1 aromatic carbocycles. The standard InChI is InChI=1S/C8H3Br2FO2/c9-5-2-3(11)1-4-6(12)8(10)13-7(4)5/h1-2,8H/t8-/m0/s1. The van der Waals surface area contributed by atoms with Gasteiger partial charge in [0.25, 0.3) is 0 Å². The third-order valence-corrected chi connectivity index (χ3v) is 2.89. The van der Waals surface area contributed by atoms with Gasteiger partial charge < -0.3 is 4.74 Å². The zero-order valence-electron chi connectivity index (χ0n) is 6.18. The fourth-order valence-electron chi connectivity index (χ4n) is 1.14. The topological polar surface area (TPSA) is 26.3 Å². The van der Waals surface area contributed by atoms with Gasteiger partial charge in [0.2, 0.25) is 10.8 Å². The average molecular weight is 310 g/mol. The van der Waals surface area contributed by atoms with Crippen LogP contribution in [0.2, 0.25) is 0 Å². The van der Waals surface area contributed by atoms with Gasteiger partial charge in [0.05, 0.1) is 10.0 Å². The molecule has 0 unspecified atom stereocenters. The number of carbonyl (C=O) groups is 1. The molecule has 0 amide bonds. The molecule has 1 aliphatic heterocycles. The lowest BCUT2D eigenvalue weighted by Crippen LogP contribution is -2.10. The Hall–Kier alpha value is -0.420. The quantitative estimate of drug-likeness (QED) is 0.689. The van der Waals surface area contributed by atoms with Crippen molar-refractivity contribution in [1.82, 2.24) is 0 Å². The largest absolute Gasteiger partial charge is 0.469 e. The van der Waals surface area contributed by atoms with Gasteiger partial charge in [-0.3, -0.25) is 4.79 Å². The summed E-state index contributed by atoms with van der Waals surface area (Å²) in [6.45, 7) is 0. The molecule has 2 rings (SSSR count). The highest BCUT2D eigenvalue weighted by Crippen LogP contribution is 2.38. The molecule has 0 fully saturated rings. The van der Waals surface area contributed by atoms with Crippen molar-refractivity contribution in [2.24, 2.45) is 0 Å². The predicted molar refractivity (Wildman–Crippen MR) is 51.8 cm³/mol. The van der Waals surface area contributed by atoms with E-state index in [1.165, 1.54) is 12.1 Å². The molecule has 0 aromatic heterocycles. The lowest BCUT2D eigenvalue weighted by molar-refractivity contribution is 0.0941. The van der Waals surface area contributed by atoms with Crippen molar-refractivity contribution < 1.29 is 13.9 Å². The van der Waals surface area contributed by atoms with Crippen LogP contribution in [0.1, 0.15) is 10.4 Å². The van der Waals surface area contributed by atoms with Gasteiger partial charge in [-0.15, -0.1) is 0 Å². The maximum Gasteiger partial charge on any atom is 0.218 e. The van der Waals surface area contributed by atoms with Crippen LogP contribution in [0.3, 0.4) is 0 Å². The summed E-state index contributed by atoms with van der Waals surface area (Å²) in [5, 5.41) is -0.694. The van der Waals surface area contributed by atoms with E-state index >= 15 is 0 Å². The normalized spacial score (nSPS) is 19.9. The fourth-order valence-corrected chi connectivity index (χ4v) is 2.10. The first-order chi connectivity index (χ1) is 6.09. The highest BCUT2D eigenvalue weighted by atomic mass is 79.9. The van der Waals surface area contributed by atoms with Crippen LogP contribution in [0.5, 0.6) is 5.75 Å². The lowest BCUT2D eigenvalue weighted by atomic mass is 10.1. The fraction of sp³-hybridized carbons (Fsp3) is 0.125. The van der Waals surface area contributed by atoms with E-state index in [1.54, 1.807) is 0 Å². The van der Waals surface area contributed by atoms with E-state index in [1.807, 2.05) is 0 Å². The molecule has 0 N–H and O–H groups in total. The number of alkyl halides is 1. The van der Waals surface area contributed by atoms with Crippen molar-refractivity contribution in [2.45, 2.75) is 5.01 Å². The van der Waals surface area contributed by atoms with Crippen molar-refractivity contribution >= 4 is 37.6 Å². The van der Waals surface area contributed by atoms with E-state index in [2.05, 4.69) is 31.9 Å². The smallest absolute Gasteiger partial charge is 0.218 e. The van der Waals surface area contributed by atoms with Crippen molar-refractivity contribution in [3.63, 3.8) is 0 Å². The Morgan fingerprint density at radius 2 is 2.15 bits per heavy atom. The molecule has 1 aromatic rings. The molecule has 0 saturated carbocycles. The second-order valence-electron chi connectivity index (χ2n) is 2.56. The Morgan fingerprint density at radius 3 is 2.85 bits per heavy atom. The number of halogens is 3. The van der Waals surface area contributed by atoms with Crippen molar-refractivity contribution in [3.05, 3.63) is 28.0 Å². The van der Waals surface area contributed by atoms with Crippen LogP contribution < -0.4 is 4.74 Å². The summed E-state index contributed by atoms with van der Waals surface area (Å²) in [6, 6.07) is 2.43. The van der Waals surface area contributed by atoms with Crippen molar-refractivity contribution in [3.8, 4) is 5.75 Å². The summed E-state index contributed by atoms with van der Waals surface area (Å²) >= 11 is 6.14. The summed E-state index contributed by atoms with van der Waals surface area (Å²) in [7, 11) is 0. The van der Waals surface area contributed by atoms with Crippen molar-refractivity contribution in [1.29, 1.82) is 0 Å². The highest BCUT2D eigenvalue weighted by molar-refractivity contribution is 9.10. The molecule has 0 bridgehead atoms. The summed E-state index contributed by atoms with van der Waals surface area (Å²) in [5.41, 5.74) is 0.272. The minimum atomic E-state index is -0.694. The van der Waals surface area contributed by atoms with Crippen LogP contribution in [0, 0.1) is 5.82 Å². The summed E-state index contributed by atoms with van der Waals surface area (Å²) in [4.78, 5) is 11.3. The molecule has 0 spiro atoms. The Bertz CT molecular complexity index is 392. The molecule has 2 nitrogen and oxygen atoms in total. The SMILES string of the molecule is O=C1c2cc(F)cc(Br)c2O[C@@H]1Br. The van der Waals surface area contributed by atoms with Crippen molar-refractivity contribution in [2.75, 3.05) is 0 Å². The number of fused-ring (bicyclic) bond motifs is 1. The first-order valence-electron chi connectivity index (χ1n) is 3.43. The highest BCUT2D eigenvalue weighted by Gasteiger charge is 2.32. The summed E-state index contributed by atoms with van der Waals surface area (Å²) in [6.07, 6.45) is 0. The molecular weight excluding hydrogens is 307 g/mol. The zero-order chi connectivity index (χ0) is 9.59. The van der Waals surface area contributed by atoms with Gasteiger partial charge in [-0.1, -0.05) is 0 Å². The number of ketones is 1. The molecule has 0 aliphatic carbocycles. The second kappa shape index (κ2) is 3.06. The van der Waals surface area contributed by atoms with E-state index in [9.17, 15) is 9.18 Å². The molecule has 0 radical (unpaired) electrons. The van der Waals surface area contributed by atoms with E-state index in [4.69, 9.17) is 4.74 Å². The van der Waals surface area contributed by atoms with Gasteiger partial charge in [-0.2, -0.15) is 0 Å². The van der Waals surface area contributed by atoms with Crippen LogP contribution in [0.15, 0.2) is 16.6 Å². The third-order valence-electron chi connectivity index (χ3n) is 1.70. The Kier molecular flexibility index (Phi) is 2.15. The minimum absolute atomic E-state index is 0.254.